The van der Waals surface area contributed by atoms with Crippen molar-refractivity contribution in [1.29, 1.82) is 0 Å². The van der Waals surface area contributed by atoms with E-state index in [9.17, 15) is 4.79 Å². The minimum absolute atomic E-state index is 0.0588. The van der Waals surface area contributed by atoms with E-state index in [1.807, 2.05) is 47.8 Å². The van der Waals surface area contributed by atoms with E-state index in [-0.39, 0.29) is 12.3 Å². The number of halogens is 1. The molecule has 0 unspecified atom stereocenters. The van der Waals surface area contributed by atoms with Crippen molar-refractivity contribution < 1.29 is 14.3 Å². The van der Waals surface area contributed by atoms with E-state index < -0.39 is 0 Å². The number of amides is 1. The molecule has 1 aromatic heterocycles. The molecule has 28 heavy (non-hydrogen) atoms. The van der Waals surface area contributed by atoms with Crippen LogP contribution < -0.4 is 14.8 Å². The van der Waals surface area contributed by atoms with Crippen LogP contribution in [0.5, 0.6) is 11.5 Å². The Morgan fingerprint density at radius 3 is 2.68 bits per heavy atom. The van der Waals surface area contributed by atoms with E-state index in [0.717, 1.165) is 21.8 Å². The first kappa shape index (κ1) is 20.2. The van der Waals surface area contributed by atoms with Crippen molar-refractivity contribution in [3.63, 3.8) is 0 Å². The van der Waals surface area contributed by atoms with E-state index >= 15 is 0 Å². The summed E-state index contributed by atoms with van der Waals surface area (Å²) in [6, 6.07) is 13.3. The zero-order valence-electron chi connectivity index (χ0n) is 15.7. The monoisotopic (exact) mass is 416 g/mol. The average Bonchev–Trinajstić information content (AvgIpc) is 3.16. The first-order valence-electron chi connectivity index (χ1n) is 8.77. The first-order chi connectivity index (χ1) is 13.6. The van der Waals surface area contributed by atoms with Crippen molar-refractivity contribution >= 4 is 28.8 Å². The minimum atomic E-state index is -0.0588. The number of aromatic nitrogens is 1. The van der Waals surface area contributed by atoms with E-state index in [4.69, 9.17) is 21.1 Å². The molecule has 1 N–H and O–H groups in total. The molecule has 0 spiro atoms. The van der Waals surface area contributed by atoms with Gasteiger partial charge in [0.2, 0.25) is 5.91 Å². The molecule has 0 atom stereocenters. The number of ether oxygens (including phenoxy) is 2. The second kappa shape index (κ2) is 9.57. The Labute approximate surface area is 173 Å². The number of thiazole rings is 1. The summed E-state index contributed by atoms with van der Waals surface area (Å²) in [4.78, 5) is 16.8. The molecule has 0 fully saturated rings. The van der Waals surface area contributed by atoms with Gasteiger partial charge in [0, 0.05) is 17.5 Å². The van der Waals surface area contributed by atoms with Gasteiger partial charge in [-0.1, -0.05) is 35.9 Å². The molecule has 146 valence electrons. The van der Waals surface area contributed by atoms with Crippen LogP contribution in [0.15, 0.2) is 47.8 Å². The predicted molar refractivity (Wildman–Crippen MR) is 113 cm³/mol. The fourth-order valence-electron chi connectivity index (χ4n) is 2.76. The van der Waals surface area contributed by atoms with Crippen molar-refractivity contribution in [2.75, 3.05) is 20.8 Å². The third-order valence-electron chi connectivity index (χ3n) is 4.18. The van der Waals surface area contributed by atoms with Crippen LogP contribution in [0.3, 0.4) is 0 Å². The van der Waals surface area contributed by atoms with E-state index in [2.05, 4.69) is 10.3 Å². The smallest absolute Gasteiger partial charge is 0.226 e. The largest absolute Gasteiger partial charge is 0.493 e. The number of hydrogen-bond acceptors (Lipinski definition) is 5. The Morgan fingerprint density at radius 1 is 1.14 bits per heavy atom. The van der Waals surface area contributed by atoms with Crippen molar-refractivity contribution in [1.82, 2.24) is 10.3 Å². The van der Waals surface area contributed by atoms with Gasteiger partial charge in [-0.05, 0) is 30.2 Å². The van der Waals surface area contributed by atoms with E-state index in [0.29, 0.717) is 29.5 Å². The highest BCUT2D eigenvalue weighted by molar-refractivity contribution is 7.13. The molecule has 3 rings (SSSR count). The number of hydrogen-bond donors (Lipinski definition) is 1. The second-order valence-corrected chi connectivity index (χ2v) is 7.36. The number of nitrogens with zero attached hydrogens (tertiary/aromatic N) is 1. The summed E-state index contributed by atoms with van der Waals surface area (Å²) in [5.41, 5.74) is 2.69. The summed E-state index contributed by atoms with van der Waals surface area (Å²) in [5, 5.41) is 6.30. The van der Waals surface area contributed by atoms with Crippen molar-refractivity contribution in [3.8, 4) is 22.1 Å². The van der Waals surface area contributed by atoms with Gasteiger partial charge in [-0.3, -0.25) is 4.79 Å². The number of methoxy groups -OCH3 is 2. The van der Waals surface area contributed by atoms with Crippen molar-refractivity contribution in [2.24, 2.45) is 0 Å². The summed E-state index contributed by atoms with van der Waals surface area (Å²) in [7, 11) is 3.21. The van der Waals surface area contributed by atoms with Gasteiger partial charge in [0.25, 0.3) is 0 Å². The Hall–Kier alpha value is -2.57. The topological polar surface area (TPSA) is 60.5 Å². The minimum Gasteiger partial charge on any atom is -0.493 e. The first-order valence-corrected chi connectivity index (χ1v) is 10.0. The lowest BCUT2D eigenvalue weighted by atomic mass is 10.1. The van der Waals surface area contributed by atoms with Crippen LogP contribution in [0, 0.1) is 0 Å². The summed E-state index contributed by atoms with van der Waals surface area (Å²) in [5.74, 6) is 1.31. The maximum atomic E-state index is 12.2. The Balaban J connectivity index is 1.52. The van der Waals surface area contributed by atoms with E-state index in [1.54, 1.807) is 14.2 Å². The summed E-state index contributed by atoms with van der Waals surface area (Å²) in [6.45, 7) is 0.538. The number of carbonyl (C=O) groups is 1. The molecule has 0 aliphatic heterocycles. The van der Waals surface area contributed by atoms with Crippen LogP contribution in [0.4, 0.5) is 0 Å². The van der Waals surface area contributed by atoms with Crippen LogP contribution in [-0.4, -0.2) is 31.7 Å². The van der Waals surface area contributed by atoms with Crippen LogP contribution >= 0.6 is 22.9 Å². The molecule has 0 saturated heterocycles. The Bertz CT molecular complexity index is 958. The van der Waals surface area contributed by atoms with Gasteiger partial charge >= 0.3 is 0 Å². The number of rotatable bonds is 8. The van der Waals surface area contributed by atoms with Gasteiger partial charge in [0.1, 0.15) is 5.01 Å². The quantitative estimate of drug-likeness (QED) is 0.591. The van der Waals surface area contributed by atoms with Crippen LogP contribution in [0.1, 0.15) is 11.3 Å². The molecule has 3 aromatic rings. The lowest BCUT2D eigenvalue weighted by Crippen LogP contribution is -2.27. The molecule has 0 bridgehead atoms. The molecule has 0 saturated carbocycles. The number of carbonyl (C=O) groups excluding carboxylic acids is 1. The highest BCUT2D eigenvalue weighted by Gasteiger charge is 2.11. The maximum Gasteiger partial charge on any atom is 0.226 e. The molecule has 1 amide bonds. The lowest BCUT2D eigenvalue weighted by Gasteiger charge is -2.10. The molecule has 1 heterocycles. The van der Waals surface area contributed by atoms with Gasteiger partial charge < -0.3 is 14.8 Å². The highest BCUT2D eigenvalue weighted by Crippen LogP contribution is 2.30. The second-order valence-electron chi connectivity index (χ2n) is 6.09. The standard InChI is InChI=1S/C21H21ClN2O3S/c1-26-18-8-7-14(11-19(18)27-2)9-10-23-20(25)12-15-13-28-21(24-15)16-5-3-4-6-17(16)22/h3-8,11,13H,9-10,12H2,1-2H3,(H,23,25). The van der Waals surface area contributed by atoms with Gasteiger partial charge in [-0.25, -0.2) is 4.98 Å². The maximum absolute atomic E-state index is 12.2. The summed E-state index contributed by atoms with van der Waals surface area (Å²) in [6.07, 6.45) is 0.945. The Kier molecular flexibility index (Phi) is 6.90. The Morgan fingerprint density at radius 2 is 1.93 bits per heavy atom. The third-order valence-corrected chi connectivity index (χ3v) is 5.44. The van der Waals surface area contributed by atoms with Crippen molar-refractivity contribution in [3.05, 3.63) is 64.1 Å². The summed E-state index contributed by atoms with van der Waals surface area (Å²) >= 11 is 7.70. The number of benzene rings is 2. The lowest BCUT2D eigenvalue weighted by molar-refractivity contribution is -0.120. The average molecular weight is 417 g/mol. The van der Waals surface area contributed by atoms with E-state index in [1.165, 1.54) is 11.3 Å². The van der Waals surface area contributed by atoms with Crippen LogP contribution in [0.2, 0.25) is 5.02 Å². The molecule has 5 nitrogen and oxygen atoms in total. The highest BCUT2D eigenvalue weighted by atomic mass is 35.5. The normalized spacial score (nSPS) is 10.5. The molecular weight excluding hydrogens is 396 g/mol. The zero-order valence-corrected chi connectivity index (χ0v) is 17.3. The molecule has 2 aromatic carbocycles. The van der Waals surface area contributed by atoms with Gasteiger partial charge in [0.15, 0.2) is 11.5 Å². The van der Waals surface area contributed by atoms with Crippen LogP contribution in [-0.2, 0) is 17.6 Å². The molecule has 7 heteroatoms. The molecular formula is C21H21ClN2O3S. The molecule has 0 aliphatic carbocycles. The molecule has 0 radical (unpaired) electrons. The number of nitrogens with one attached hydrogen (secondary N) is 1. The fraction of sp³-hybridized carbons (Fsp3) is 0.238. The zero-order chi connectivity index (χ0) is 19.9. The van der Waals surface area contributed by atoms with Gasteiger partial charge in [-0.2, -0.15) is 0 Å². The third kappa shape index (κ3) is 5.03. The SMILES string of the molecule is COc1ccc(CCNC(=O)Cc2csc(-c3ccccc3Cl)n2)cc1OC. The summed E-state index contributed by atoms with van der Waals surface area (Å²) < 4.78 is 10.5. The van der Waals surface area contributed by atoms with Gasteiger partial charge in [-0.15, -0.1) is 11.3 Å². The predicted octanol–water partition coefficient (Wildman–Crippen LogP) is 4.38. The molecule has 0 aliphatic rings. The van der Waals surface area contributed by atoms with Crippen LogP contribution in [0.25, 0.3) is 10.6 Å². The fourth-order valence-corrected chi connectivity index (χ4v) is 3.90. The van der Waals surface area contributed by atoms with Gasteiger partial charge in [0.05, 0.1) is 31.4 Å². The van der Waals surface area contributed by atoms with Crippen molar-refractivity contribution in [2.45, 2.75) is 12.8 Å².